The number of fused-ring (bicyclic) bond motifs is 1. The number of piperazine rings is 1. The van der Waals surface area contributed by atoms with Gasteiger partial charge in [-0.05, 0) is 43.5 Å². The molecule has 18 heavy (non-hydrogen) atoms. The molecule has 1 aromatic carbocycles. The summed E-state index contributed by atoms with van der Waals surface area (Å²) in [5, 5.41) is 0. The molecule has 0 spiro atoms. The Morgan fingerprint density at radius 3 is 2.72 bits per heavy atom. The third kappa shape index (κ3) is 2.25. The van der Waals surface area contributed by atoms with Crippen molar-refractivity contribution in [1.82, 2.24) is 4.90 Å². The first-order chi connectivity index (χ1) is 8.74. The van der Waals surface area contributed by atoms with Crippen molar-refractivity contribution in [3.63, 3.8) is 0 Å². The standard InChI is InChI=1S/C15H23N3/c1-17-7-9-18(10-8-17)15-4-2-3-12-11-13(16)5-6-14(12)15/h2-4,13H,5-11,16H2,1H3/t13-/m0/s1. The Bertz CT molecular complexity index is 422. The van der Waals surface area contributed by atoms with Crippen molar-refractivity contribution in [2.75, 3.05) is 38.1 Å². The summed E-state index contributed by atoms with van der Waals surface area (Å²) in [5.41, 5.74) is 10.6. The molecule has 0 amide bonds. The maximum absolute atomic E-state index is 6.08. The molecule has 0 unspecified atom stereocenters. The van der Waals surface area contributed by atoms with Crippen LogP contribution in [-0.4, -0.2) is 44.2 Å². The zero-order valence-electron chi connectivity index (χ0n) is 11.2. The number of likely N-dealkylation sites (N-methyl/N-ethyl adjacent to an activating group) is 1. The Hall–Kier alpha value is -1.06. The maximum Gasteiger partial charge on any atom is 0.0402 e. The highest BCUT2D eigenvalue weighted by atomic mass is 15.2. The number of hydrogen-bond acceptors (Lipinski definition) is 3. The van der Waals surface area contributed by atoms with Gasteiger partial charge < -0.3 is 15.5 Å². The molecule has 3 heteroatoms. The van der Waals surface area contributed by atoms with Crippen LogP contribution >= 0.6 is 0 Å². The molecule has 1 atom stereocenters. The van der Waals surface area contributed by atoms with Crippen molar-refractivity contribution in [3.8, 4) is 0 Å². The Labute approximate surface area is 110 Å². The molecule has 2 aliphatic rings. The van der Waals surface area contributed by atoms with E-state index in [1.807, 2.05) is 0 Å². The van der Waals surface area contributed by atoms with E-state index in [-0.39, 0.29) is 0 Å². The first-order valence-electron chi connectivity index (χ1n) is 7.04. The average molecular weight is 245 g/mol. The molecule has 0 radical (unpaired) electrons. The fourth-order valence-corrected chi connectivity index (χ4v) is 3.16. The number of anilines is 1. The van der Waals surface area contributed by atoms with Crippen molar-refractivity contribution < 1.29 is 0 Å². The number of nitrogens with zero attached hydrogens (tertiary/aromatic N) is 2. The van der Waals surface area contributed by atoms with Crippen molar-refractivity contribution >= 4 is 5.69 Å². The van der Waals surface area contributed by atoms with Crippen LogP contribution in [0.3, 0.4) is 0 Å². The minimum absolute atomic E-state index is 0.361. The summed E-state index contributed by atoms with van der Waals surface area (Å²) in [6.45, 7) is 4.64. The highest BCUT2D eigenvalue weighted by Crippen LogP contribution is 2.30. The van der Waals surface area contributed by atoms with Gasteiger partial charge in [-0.25, -0.2) is 0 Å². The van der Waals surface area contributed by atoms with Crippen molar-refractivity contribution in [2.24, 2.45) is 5.73 Å². The Morgan fingerprint density at radius 2 is 1.94 bits per heavy atom. The third-order valence-electron chi connectivity index (χ3n) is 4.34. The molecule has 1 fully saturated rings. The van der Waals surface area contributed by atoms with Crippen LogP contribution in [0.2, 0.25) is 0 Å². The molecule has 0 bridgehead atoms. The minimum atomic E-state index is 0.361. The van der Waals surface area contributed by atoms with E-state index in [2.05, 4.69) is 35.0 Å². The first kappa shape index (κ1) is 12.0. The van der Waals surface area contributed by atoms with Gasteiger partial charge in [0.25, 0.3) is 0 Å². The number of hydrogen-bond donors (Lipinski definition) is 1. The van der Waals surface area contributed by atoms with Crippen LogP contribution in [0.15, 0.2) is 18.2 Å². The normalized spacial score (nSPS) is 25.0. The van der Waals surface area contributed by atoms with Crippen LogP contribution in [-0.2, 0) is 12.8 Å². The summed E-state index contributed by atoms with van der Waals surface area (Å²) in [6, 6.07) is 7.11. The van der Waals surface area contributed by atoms with E-state index < -0.39 is 0 Å². The summed E-state index contributed by atoms with van der Waals surface area (Å²) in [4.78, 5) is 4.96. The summed E-state index contributed by atoms with van der Waals surface area (Å²) in [6.07, 6.45) is 3.34. The van der Waals surface area contributed by atoms with E-state index in [0.29, 0.717) is 6.04 Å². The van der Waals surface area contributed by atoms with Gasteiger partial charge in [0.05, 0.1) is 0 Å². The Kier molecular flexibility index (Phi) is 3.27. The molecular formula is C15H23N3. The maximum atomic E-state index is 6.08. The highest BCUT2D eigenvalue weighted by molar-refractivity contribution is 5.58. The number of rotatable bonds is 1. The number of benzene rings is 1. The third-order valence-corrected chi connectivity index (χ3v) is 4.34. The van der Waals surface area contributed by atoms with Crippen LogP contribution in [0.1, 0.15) is 17.5 Å². The smallest absolute Gasteiger partial charge is 0.0402 e. The van der Waals surface area contributed by atoms with Crippen LogP contribution < -0.4 is 10.6 Å². The van der Waals surface area contributed by atoms with Gasteiger partial charge in [-0.3, -0.25) is 0 Å². The van der Waals surface area contributed by atoms with Gasteiger partial charge in [0.15, 0.2) is 0 Å². The molecule has 1 saturated heterocycles. The van der Waals surface area contributed by atoms with Gasteiger partial charge in [-0.15, -0.1) is 0 Å². The largest absolute Gasteiger partial charge is 0.369 e. The van der Waals surface area contributed by atoms with E-state index in [0.717, 1.165) is 32.4 Å². The lowest BCUT2D eigenvalue weighted by Crippen LogP contribution is -2.45. The molecule has 2 N–H and O–H groups in total. The topological polar surface area (TPSA) is 32.5 Å². The first-order valence-corrected chi connectivity index (χ1v) is 7.04. The molecule has 1 aliphatic heterocycles. The lowest BCUT2D eigenvalue weighted by molar-refractivity contribution is 0.312. The Morgan fingerprint density at radius 1 is 1.17 bits per heavy atom. The fraction of sp³-hybridized carbons (Fsp3) is 0.600. The van der Waals surface area contributed by atoms with Crippen LogP contribution in [0.25, 0.3) is 0 Å². The molecule has 0 aromatic heterocycles. The second-order valence-corrected chi connectivity index (χ2v) is 5.71. The van der Waals surface area contributed by atoms with Gasteiger partial charge >= 0.3 is 0 Å². The zero-order chi connectivity index (χ0) is 12.5. The summed E-state index contributed by atoms with van der Waals surface area (Å²) >= 11 is 0. The molecule has 0 saturated carbocycles. The van der Waals surface area contributed by atoms with Crippen LogP contribution in [0.4, 0.5) is 5.69 Å². The summed E-state index contributed by atoms with van der Waals surface area (Å²) in [7, 11) is 2.21. The van der Waals surface area contributed by atoms with Gasteiger partial charge in [0.2, 0.25) is 0 Å². The lowest BCUT2D eigenvalue weighted by atomic mass is 9.87. The second kappa shape index (κ2) is 4.90. The van der Waals surface area contributed by atoms with E-state index in [9.17, 15) is 0 Å². The van der Waals surface area contributed by atoms with Gasteiger partial charge in [0.1, 0.15) is 0 Å². The molecule has 1 aromatic rings. The zero-order valence-corrected chi connectivity index (χ0v) is 11.2. The monoisotopic (exact) mass is 245 g/mol. The molecule has 1 heterocycles. The molecule has 3 nitrogen and oxygen atoms in total. The summed E-state index contributed by atoms with van der Waals surface area (Å²) < 4.78 is 0. The fourth-order valence-electron chi connectivity index (χ4n) is 3.16. The van der Waals surface area contributed by atoms with Crippen molar-refractivity contribution in [3.05, 3.63) is 29.3 Å². The average Bonchev–Trinajstić information content (AvgIpc) is 2.38. The molecule has 98 valence electrons. The quantitative estimate of drug-likeness (QED) is 0.808. The second-order valence-electron chi connectivity index (χ2n) is 5.71. The van der Waals surface area contributed by atoms with Gasteiger partial charge in [0, 0.05) is 37.9 Å². The SMILES string of the molecule is CN1CCN(c2cccc3c2CC[C@H](N)C3)CC1. The van der Waals surface area contributed by atoms with Crippen LogP contribution in [0, 0.1) is 0 Å². The lowest BCUT2D eigenvalue weighted by Gasteiger charge is -2.36. The van der Waals surface area contributed by atoms with E-state index in [4.69, 9.17) is 5.73 Å². The minimum Gasteiger partial charge on any atom is -0.369 e. The van der Waals surface area contributed by atoms with Crippen LogP contribution in [0.5, 0.6) is 0 Å². The summed E-state index contributed by atoms with van der Waals surface area (Å²) in [5.74, 6) is 0. The van der Waals surface area contributed by atoms with E-state index in [1.54, 1.807) is 5.56 Å². The number of nitrogens with two attached hydrogens (primary N) is 1. The molecular weight excluding hydrogens is 222 g/mol. The molecule has 3 rings (SSSR count). The van der Waals surface area contributed by atoms with Crippen molar-refractivity contribution in [1.29, 1.82) is 0 Å². The molecule has 1 aliphatic carbocycles. The highest BCUT2D eigenvalue weighted by Gasteiger charge is 2.22. The predicted octanol–water partition coefficient (Wildman–Crippen LogP) is 1.25. The van der Waals surface area contributed by atoms with Gasteiger partial charge in [-0.1, -0.05) is 12.1 Å². The predicted molar refractivity (Wildman–Crippen MR) is 76.2 cm³/mol. The van der Waals surface area contributed by atoms with E-state index in [1.165, 1.54) is 24.3 Å². The van der Waals surface area contributed by atoms with Crippen molar-refractivity contribution in [2.45, 2.75) is 25.3 Å². The van der Waals surface area contributed by atoms with Gasteiger partial charge in [-0.2, -0.15) is 0 Å². The Balaban J connectivity index is 1.86. The van der Waals surface area contributed by atoms with E-state index >= 15 is 0 Å².